The number of likely N-dealkylation sites (N-methyl/N-ethyl adjacent to an activating group) is 1. The molecule has 1 unspecified atom stereocenters. The van der Waals surface area contributed by atoms with E-state index in [2.05, 4.69) is 6.92 Å². The number of hydrogen-bond acceptors (Lipinski definition) is 4. The lowest BCUT2D eigenvalue weighted by Crippen LogP contribution is -2.53. The molecule has 16 heavy (non-hydrogen) atoms. The van der Waals surface area contributed by atoms with Gasteiger partial charge in [0.1, 0.15) is 6.04 Å². The standard InChI is InChI=1S/C12H25NO3/c1-6-7-8-10(11(15)16-5)13(4)12(2,3)9-14/h10,14H,6-9H2,1-5H3. The predicted octanol–water partition coefficient (Wildman–Crippen LogP) is 1.42. The van der Waals surface area contributed by atoms with Gasteiger partial charge in [-0.05, 0) is 27.3 Å². The maximum absolute atomic E-state index is 11.7. The lowest BCUT2D eigenvalue weighted by Gasteiger charge is -2.38. The molecule has 0 aliphatic carbocycles. The Bertz CT molecular complexity index is 216. The van der Waals surface area contributed by atoms with E-state index in [1.54, 1.807) is 0 Å². The van der Waals surface area contributed by atoms with Gasteiger partial charge in [0.2, 0.25) is 0 Å². The highest BCUT2D eigenvalue weighted by Gasteiger charge is 2.33. The van der Waals surface area contributed by atoms with E-state index in [1.807, 2.05) is 25.8 Å². The van der Waals surface area contributed by atoms with E-state index in [1.165, 1.54) is 7.11 Å². The van der Waals surface area contributed by atoms with E-state index in [0.29, 0.717) is 0 Å². The number of aliphatic hydroxyl groups is 1. The average Bonchev–Trinajstić information content (AvgIpc) is 2.28. The minimum absolute atomic E-state index is 0.0170. The van der Waals surface area contributed by atoms with E-state index in [4.69, 9.17) is 4.74 Å². The van der Waals surface area contributed by atoms with Crippen LogP contribution in [0.1, 0.15) is 40.0 Å². The number of unbranched alkanes of at least 4 members (excludes halogenated alkanes) is 1. The minimum atomic E-state index is -0.410. The summed E-state index contributed by atoms with van der Waals surface area (Å²) >= 11 is 0. The van der Waals surface area contributed by atoms with Gasteiger partial charge in [0, 0.05) is 5.54 Å². The molecule has 0 rings (SSSR count). The number of rotatable bonds is 7. The summed E-state index contributed by atoms with van der Waals surface area (Å²) in [6.07, 6.45) is 2.79. The molecule has 0 aromatic heterocycles. The zero-order valence-corrected chi connectivity index (χ0v) is 11.1. The van der Waals surface area contributed by atoms with Gasteiger partial charge in [-0.15, -0.1) is 0 Å². The Labute approximate surface area is 98.6 Å². The van der Waals surface area contributed by atoms with Crippen molar-refractivity contribution in [1.82, 2.24) is 4.90 Å². The molecule has 0 aromatic carbocycles. The molecule has 0 saturated heterocycles. The van der Waals surface area contributed by atoms with Crippen molar-refractivity contribution >= 4 is 5.97 Å². The molecule has 0 amide bonds. The Kier molecular flexibility index (Phi) is 6.60. The Morgan fingerprint density at radius 3 is 2.44 bits per heavy atom. The first-order valence-electron chi connectivity index (χ1n) is 5.82. The molecular formula is C12H25NO3. The summed E-state index contributed by atoms with van der Waals surface area (Å²) in [6.45, 7) is 5.93. The second-order valence-electron chi connectivity index (χ2n) is 4.76. The van der Waals surface area contributed by atoms with Crippen LogP contribution in [0.2, 0.25) is 0 Å². The highest BCUT2D eigenvalue weighted by Crippen LogP contribution is 2.19. The molecule has 0 aromatic rings. The molecule has 1 atom stereocenters. The quantitative estimate of drug-likeness (QED) is 0.673. The Morgan fingerprint density at radius 1 is 1.50 bits per heavy atom. The molecule has 96 valence electrons. The summed E-state index contributed by atoms with van der Waals surface area (Å²) in [7, 11) is 3.26. The average molecular weight is 231 g/mol. The smallest absolute Gasteiger partial charge is 0.323 e. The lowest BCUT2D eigenvalue weighted by atomic mass is 9.99. The summed E-state index contributed by atoms with van der Waals surface area (Å²) in [5.41, 5.74) is -0.410. The van der Waals surface area contributed by atoms with Gasteiger partial charge in [0.15, 0.2) is 0 Å². The van der Waals surface area contributed by atoms with Crippen LogP contribution in [0, 0.1) is 0 Å². The van der Waals surface area contributed by atoms with Gasteiger partial charge in [0.05, 0.1) is 13.7 Å². The zero-order chi connectivity index (χ0) is 12.8. The topological polar surface area (TPSA) is 49.8 Å². The van der Waals surface area contributed by atoms with Gasteiger partial charge < -0.3 is 9.84 Å². The van der Waals surface area contributed by atoms with Crippen LogP contribution >= 0.6 is 0 Å². The van der Waals surface area contributed by atoms with Crippen LogP contribution in [0.5, 0.6) is 0 Å². The van der Waals surface area contributed by atoms with Crippen LogP contribution in [-0.2, 0) is 9.53 Å². The number of carbonyl (C=O) groups excluding carboxylic acids is 1. The molecule has 4 nitrogen and oxygen atoms in total. The molecule has 1 N–H and O–H groups in total. The number of carbonyl (C=O) groups is 1. The highest BCUT2D eigenvalue weighted by atomic mass is 16.5. The lowest BCUT2D eigenvalue weighted by molar-refractivity contribution is -0.149. The van der Waals surface area contributed by atoms with Crippen molar-refractivity contribution in [1.29, 1.82) is 0 Å². The number of aliphatic hydroxyl groups excluding tert-OH is 1. The number of methoxy groups -OCH3 is 1. The monoisotopic (exact) mass is 231 g/mol. The fourth-order valence-electron chi connectivity index (χ4n) is 1.54. The van der Waals surface area contributed by atoms with Crippen molar-refractivity contribution in [2.45, 2.75) is 51.6 Å². The van der Waals surface area contributed by atoms with Gasteiger partial charge in [0.25, 0.3) is 0 Å². The molecule has 0 heterocycles. The van der Waals surface area contributed by atoms with Crippen molar-refractivity contribution < 1.29 is 14.6 Å². The molecule has 0 spiro atoms. The third-order valence-electron chi connectivity index (χ3n) is 3.11. The molecule has 0 aliphatic heterocycles. The Hall–Kier alpha value is -0.610. The summed E-state index contributed by atoms with van der Waals surface area (Å²) in [4.78, 5) is 13.6. The van der Waals surface area contributed by atoms with Crippen LogP contribution in [0.25, 0.3) is 0 Å². The summed E-state index contributed by atoms with van der Waals surface area (Å²) < 4.78 is 4.81. The first-order valence-corrected chi connectivity index (χ1v) is 5.82. The summed E-state index contributed by atoms with van der Waals surface area (Å²) in [5.74, 6) is -0.225. The van der Waals surface area contributed by atoms with Gasteiger partial charge in [-0.1, -0.05) is 19.8 Å². The van der Waals surface area contributed by atoms with Crippen molar-refractivity contribution in [3.8, 4) is 0 Å². The summed E-state index contributed by atoms with van der Waals surface area (Å²) in [6, 6.07) is -0.271. The van der Waals surface area contributed by atoms with Gasteiger partial charge in [-0.3, -0.25) is 9.69 Å². The molecule has 0 fully saturated rings. The van der Waals surface area contributed by atoms with E-state index < -0.39 is 5.54 Å². The summed E-state index contributed by atoms with van der Waals surface area (Å²) in [5, 5.41) is 9.30. The normalized spacial score (nSPS) is 13.9. The maximum Gasteiger partial charge on any atom is 0.323 e. The van der Waals surface area contributed by atoms with Crippen LogP contribution < -0.4 is 0 Å². The van der Waals surface area contributed by atoms with Crippen molar-refractivity contribution in [3.63, 3.8) is 0 Å². The maximum atomic E-state index is 11.7. The minimum Gasteiger partial charge on any atom is -0.468 e. The van der Waals surface area contributed by atoms with Crippen LogP contribution in [0.15, 0.2) is 0 Å². The third-order valence-corrected chi connectivity index (χ3v) is 3.11. The molecule has 0 bridgehead atoms. The Balaban J connectivity index is 4.67. The molecule has 0 saturated carbocycles. The van der Waals surface area contributed by atoms with Crippen molar-refractivity contribution in [2.75, 3.05) is 20.8 Å². The SMILES string of the molecule is CCCCC(C(=O)OC)N(C)C(C)(C)CO. The largest absolute Gasteiger partial charge is 0.468 e. The fourth-order valence-corrected chi connectivity index (χ4v) is 1.54. The molecule has 0 radical (unpaired) electrons. The third kappa shape index (κ3) is 4.10. The predicted molar refractivity (Wildman–Crippen MR) is 64.3 cm³/mol. The van der Waals surface area contributed by atoms with E-state index in [9.17, 15) is 9.90 Å². The molecule has 0 aliphatic rings. The van der Waals surface area contributed by atoms with Gasteiger partial charge in [-0.25, -0.2) is 0 Å². The molecular weight excluding hydrogens is 206 g/mol. The van der Waals surface area contributed by atoms with Crippen molar-refractivity contribution in [2.24, 2.45) is 0 Å². The fraction of sp³-hybridized carbons (Fsp3) is 0.917. The second kappa shape index (κ2) is 6.86. The van der Waals surface area contributed by atoms with Crippen molar-refractivity contribution in [3.05, 3.63) is 0 Å². The van der Waals surface area contributed by atoms with Crippen LogP contribution in [-0.4, -0.2) is 48.3 Å². The van der Waals surface area contributed by atoms with Gasteiger partial charge in [-0.2, -0.15) is 0 Å². The number of hydrogen-bond donors (Lipinski definition) is 1. The van der Waals surface area contributed by atoms with E-state index in [-0.39, 0.29) is 18.6 Å². The van der Waals surface area contributed by atoms with E-state index >= 15 is 0 Å². The molecule has 4 heteroatoms. The second-order valence-corrected chi connectivity index (χ2v) is 4.76. The first-order chi connectivity index (χ1) is 7.40. The Morgan fingerprint density at radius 2 is 2.06 bits per heavy atom. The van der Waals surface area contributed by atoms with Crippen LogP contribution in [0.4, 0.5) is 0 Å². The number of ether oxygens (including phenoxy) is 1. The highest BCUT2D eigenvalue weighted by molar-refractivity contribution is 5.75. The first kappa shape index (κ1) is 15.4. The van der Waals surface area contributed by atoms with Gasteiger partial charge >= 0.3 is 5.97 Å². The number of nitrogens with zero attached hydrogens (tertiary/aromatic N) is 1. The number of esters is 1. The zero-order valence-electron chi connectivity index (χ0n) is 11.1. The van der Waals surface area contributed by atoms with E-state index in [0.717, 1.165) is 19.3 Å². The van der Waals surface area contributed by atoms with Crippen LogP contribution in [0.3, 0.4) is 0 Å².